The standard InChI is InChI=1S/C25H30N2O2/c1-17(2)27(15-21-9-7-6-8-19(21)4)16-23-12-13-24(29-23)25(28)26-22-11-10-18(3)20(5)14-22/h6-14,17H,15-16H2,1-5H3,(H,26,28). The number of benzene rings is 2. The maximum absolute atomic E-state index is 12.6. The number of carbonyl (C=O) groups is 1. The Labute approximate surface area is 173 Å². The van der Waals surface area contributed by atoms with E-state index in [1.54, 1.807) is 6.07 Å². The van der Waals surface area contributed by atoms with Crippen LogP contribution in [0.3, 0.4) is 0 Å². The van der Waals surface area contributed by atoms with Gasteiger partial charge in [-0.3, -0.25) is 9.69 Å². The number of aryl methyl sites for hydroxylation is 3. The van der Waals surface area contributed by atoms with Crippen LogP contribution in [0.2, 0.25) is 0 Å². The predicted octanol–water partition coefficient (Wildman–Crippen LogP) is 5.87. The topological polar surface area (TPSA) is 45.5 Å². The normalized spacial score (nSPS) is 11.3. The molecule has 1 heterocycles. The second-order valence-electron chi connectivity index (χ2n) is 7.94. The van der Waals surface area contributed by atoms with E-state index in [2.05, 4.69) is 62.2 Å². The molecule has 0 radical (unpaired) electrons. The Kier molecular flexibility index (Phi) is 6.55. The quantitative estimate of drug-likeness (QED) is 0.549. The molecule has 0 aliphatic heterocycles. The summed E-state index contributed by atoms with van der Waals surface area (Å²) < 4.78 is 5.87. The number of nitrogens with zero attached hydrogens (tertiary/aromatic N) is 1. The fourth-order valence-electron chi connectivity index (χ4n) is 3.22. The van der Waals surface area contributed by atoms with Gasteiger partial charge in [0, 0.05) is 18.3 Å². The van der Waals surface area contributed by atoms with Gasteiger partial charge in [-0.2, -0.15) is 0 Å². The molecule has 2 aromatic carbocycles. The van der Waals surface area contributed by atoms with Crippen LogP contribution in [0.25, 0.3) is 0 Å². The Bertz CT molecular complexity index is 988. The number of hydrogen-bond donors (Lipinski definition) is 1. The number of anilines is 1. The summed E-state index contributed by atoms with van der Waals surface area (Å²) in [5, 5.41) is 2.92. The molecule has 3 rings (SSSR count). The van der Waals surface area contributed by atoms with Gasteiger partial charge in [-0.25, -0.2) is 0 Å². The molecule has 0 fully saturated rings. The summed E-state index contributed by atoms with van der Waals surface area (Å²) in [7, 11) is 0. The minimum Gasteiger partial charge on any atom is -0.455 e. The molecule has 1 aromatic heterocycles. The van der Waals surface area contributed by atoms with Gasteiger partial charge in [-0.05, 0) is 81.1 Å². The minimum absolute atomic E-state index is 0.227. The second kappa shape index (κ2) is 9.10. The zero-order valence-corrected chi connectivity index (χ0v) is 18.0. The molecule has 0 aliphatic carbocycles. The highest BCUT2D eigenvalue weighted by Gasteiger charge is 2.17. The van der Waals surface area contributed by atoms with Crippen LogP contribution in [0.4, 0.5) is 5.69 Å². The zero-order valence-electron chi connectivity index (χ0n) is 18.0. The molecular weight excluding hydrogens is 360 g/mol. The smallest absolute Gasteiger partial charge is 0.291 e. The van der Waals surface area contributed by atoms with E-state index in [-0.39, 0.29) is 5.91 Å². The monoisotopic (exact) mass is 390 g/mol. The number of rotatable bonds is 7. The third-order valence-corrected chi connectivity index (χ3v) is 5.37. The van der Waals surface area contributed by atoms with Gasteiger partial charge in [0.25, 0.3) is 5.91 Å². The van der Waals surface area contributed by atoms with Crippen LogP contribution in [-0.4, -0.2) is 16.8 Å². The first kappa shape index (κ1) is 20.9. The van der Waals surface area contributed by atoms with Crippen LogP contribution in [0, 0.1) is 20.8 Å². The number of furan rings is 1. The first-order chi connectivity index (χ1) is 13.8. The maximum Gasteiger partial charge on any atom is 0.291 e. The summed E-state index contributed by atoms with van der Waals surface area (Å²) in [6.45, 7) is 12.1. The molecule has 0 unspecified atom stereocenters. The van der Waals surface area contributed by atoms with Gasteiger partial charge in [-0.1, -0.05) is 30.3 Å². The van der Waals surface area contributed by atoms with Crippen molar-refractivity contribution in [2.24, 2.45) is 0 Å². The highest BCUT2D eigenvalue weighted by atomic mass is 16.4. The van der Waals surface area contributed by atoms with E-state index < -0.39 is 0 Å². The summed E-state index contributed by atoms with van der Waals surface area (Å²) in [4.78, 5) is 14.9. The maximum atomic E-state index is 12.6. The molecular formula is C25H30N2O2. The van der Waals surface area contributed by atoms with Gasteiger partial charge in [0.05, 0.1) is 6.54 Å². The molecule has 152 valence electrons. The Morgan fingerprint density at radius 2 is 1.69 bits per heavy atom. The summed E-state index contributed by atoms with van der Waals surface area (Å²) in [6, 6.07) is 18.3. The van der Waals surface area contributed by atoms with E-state index in [0.717, 1.165) is 23.6 Å². The molecule has 0 bridgehead atoms. The molecule has 0 spiro atoms. The number of amides is 1. The first-order valence-electron chi connectivity index (χ1n) is 10.1. The Balaban J connectivity index is 1.68. The zero-order chi connectivity index (χ0) is 21.0. The van der Waals surface area contributed by atoms with Gasteiger partial charge < -0.3 is 9.73 Å². The Morgan fingerprint density at radius 3 is 2.38 bits per heavy atom. The van der Waals surface area contributed by atoms with Crippen LogP contribution < -0.4 is 5.32 Å². The van der Waals surface area contributed by atoms with Crippen molar-refractivity contribution in [3.63, 3.8) is 0 Å². The SMILES string of the molecule is Cc1ccc(NC(=O)c2ccc(CN(Cc3ccccc3C)C(C)C)o2)cc1C. The van der Waals surface area contributed by atoms with Crippen molar-refractivity contribution < 1.29 is 9.21 Å². The molecule has 0 saturated heterocycles. The fourth-order valence-corrected chi connectivity index (χ4v) is 3.22. The van der Waals surface area contributed by atoms with Crippen LogP contribution in [-0.2, 0) is 13.1 Å². The largest absolute Gasteiger partial charge is 0.455 e. The molecule has 29 heavy (non-hydrogen) atoms. The lowest BCUT2D eigenvalue weighted by molar-refractivity contribution is 0.0991. The average molecular weight is 391 g/mol. The van der Waals surface area contributed by atoms with Gasteiger partial charge in [0.1, 0.15) is 5.76 Å². The van der Waals surface area contributed by atoms with E-state index >= 15 is 0 Å². The summed E-state index contributed by atoms with van der Waals surface area (Å²) in [5.74, 6) is 0.893. The summed E-state index contributed by atoms with van der Waals surface area (Å²) in [5.41, 5.74) is 5.71. The minimum atomic E-state index is -0.227. The van der Waals surface area contributed by atoms with E-state index in [0.29, 0.717) is 18.3 Å². The summed E-state index contributed by atoms with van der Waals surface area (Å²) >= 11 is 0. The highest BCUT2D eigenvalue weighted by molar-refractivity contribution is 6.02. The van der Waals surface area contributed by atoms with Crippen molar-refractivity contribution in [2.45, 2.75) is 53.8 Å². The van der Waals surface area contributed by atoms with Gasteiger partial charge in [0.2, 0.25) is 0 Å². The van der Waals surface area contributed by atoms with Crippen LogP contribution in [0.15, 0.2) is 59.0 Å². The molecule has 1 N–H and O–H groups in total. The number of hydrogen-bond acceptors (Lipinski definition) is 3. The fraction of sp³-hybridized carbons (Fsp3) is 0.320. The third kappa shape index (κ3) is 5.36. The van der Waals surface area contributed by atoms with Crippen LogP contribution >= 0.6 is 0 Å². The molecule has 0 saturated carbocycles. The van der Waals surface area contributed by atoms with Crippen molar-refractivity contribution in [3.8, 4) is 0 Å². The van der Waals surface area contributed by atoms with Crippen molar-refractivity contribution in [2.75, 3.05) is 5.32 Å². The van der Waals surface area contributed by atoms with E-state index in [1.165, 1.54) is 16.7 Å². The Hall–Kier alpha value is -2.85. The predicted molar refractivity (Wildman–Crippen MR) is 118 cm³/mol. The van der Waals surface area contributed by atoms with E-state index in [9.17, 15) is 4.79 Å². The van der Waals surface area contributed by atoms with E-state index in [4.69, 9.17) is 4.42 Å². The highest BCUT2D eigenvalue weighted by Crippen LogP contribution is 2.19. The van der Waals surface area contributed by atoms with Gasteiger partial charge in [-0.15, -0.1) is 0 Å². The van der Waals surface area contributed by atoms with Crippen LogP contribution in [0.5, 0.6) is 0 Å². The lowest BCUT2D eigenvalue weighted by Crippen LogP contribution is -2.30. The number of carbonyl (C=O) groups excluding carboxylic acids is 1. The molecule has 0 atom stereocenters. The first-order valence-corrected chi connectivity index (χ1v) is 10.1. The van der Waals surface area contributed by atoms with Crippen molar-refractivity contribution in [1.29, 1.82) is 0 Å². The lowest BCUT2D eigenvalue weighted by Gasteiger charge is -2.26. The lowest BCUT2D eigenvalue weighted by atomic mass is 10.1. The van der Waals surface area contributed by atoms with Gasteiger partial charge in [0.15, 0.2) is 5.76 Å². The molecule has 4 nitrogen and oxygen atoms in total. The van der Waals surface area contributed by atoms with Crippen molar-refractivity contribution in [3.05, 3.63) is 88.4 Å². The molecule has 0 aliphatic rings. The van der Waals surface area contributed by atoms with E-state index in [1.807, 2.05) is 31.2 Å². The molecule has 1 amide bonds. The Morgan fingerprint density at radius 1 is 0.931 bits per heavy atom. The second-order valence-corrected chi connectivity index (χ2v) is 7.94. The number of nitrogens with one attached hydrogen (secondary N) is 1. The third-order valence-electron chi connectivity index (χ3n) is 5.37. The van der Waals surface area contributed by atoms with Crippen LogP contribution in [0.1, 0.15) is 52.4 Å². The average Bonchev–Trinajstić information content (AvgIpc) is 3.14. The summed E-state index contributed by atoms with van der Waals surface area (Å²) in [6.07, 6.45) is 0. The van der Waals surface area contributed by atoms with Crippen molar-refractivity contribution >= 4 is 11.6 Å². The van der Waals surface area contributed by atoms with Crippen molar-refractivity contribution in [1.82, 2.24) is 4.90 Å². The molecule has 4 heteroatoms. The van der Waals surface area contributed by atoms with Gasteiger partial charge >= 0.3 is 0 Å². The molecule has 3 aromatic rings.